The number of hydrazine groups is 1. The van der Waals surface area contributed by atoms with Crippen LogP contribution in [-0.2, 0) is 11.3 Å². The van der Waals surface area contributed by atoms with E-state index in [9.17, 15) is 9.59 Å². The van der Waals surface area contributed by atoms with Crippen molar-refractivity contribution in [3.63, 3.8) is 0 Å². The Labute approximate surface area is 152 Å². The molecule has 0 unspecified atom stereocenters. The van der Waals surface area contributed by atoms with E-state index in [2.05, 4.69) is 22.5 Å². The average molecular weight is 359 g/mol. The third-order valence-corrected chi connectivity index (χ3v) is 3.09. The summed E-state index contributed by atoms with van der Waals surface area (Å²) in [6.07, 6.45) is 0. The predicted molar refractivity (Wildman–Crippen MR) is 100.0 cm³/mol. The fourth-order valence-corrected chi connectivity index (χ4v) is 1.92. The van der Waals surface area contributed by atoms with Crippen molar-refractivity contribution >= 4 is 30.0 Å². The molecule has 0 fully saturated rings. The maximum Gasteiger partial charge on any atom is 0.329 e. The van der Waals surface area contributed by atoms with E-state index < -0.39 is 6.03 Å². The van der Waals surface area contributed by atoms with E-state index in [1.54, 1.807) is 0 Å². The zero-order chi connectivity index (χ0) is 17.4. The number of carbonyl (C=O) groups is 2. The maximum absolute atomic E-state index is 11.0. The number of hydrogen-bond acceptors (Lipinski definition) is 3. The van der Waals surface area contributed by atoms with Crippen LogP contribution in [0.3, 0.4) is 0 Å². The lowest BCUT2D eigenvalue weighted by Gasteiger charge is -2.04. The molecule has 5 N–H and O–H groups in total. The van der Waals surface area contributed by atoms with Crippen molar-refractivity contribution < 1.29 is 9.59 Å². The van der Waals surface area contributed by atoms with Crippen LogP contribution in [0.5, 0.6) is 0 Å². The number of hydrogen-bond donors (Lipinski definition) is 4. The van der Waals surface area contributed by atoms with Gasteiger partial charge >= 0.3 is 6.03 Å². The minimum absolute atomic E-state index is 0. The number of nitrogens with two attached hydrogens (primary N) is 1. The van der Waals surface area contributed by atoms with Gasteiger partial charge in [-0.1, -0.05) is 24.0 Å². The summed E-state index contributed by atoms with van der Waals surface area (Å²) in [5.74, 6) is 11.0. The summed E-state index contributed by atoms with van der Waals surface area (Å²) in [5.41, 5.74) is 5.42. The summed E-state index contributed by atoms with van der Waals surface area (Å²) in [6, 6.07) is 14.4. The molecule has 0 heterocycles. The van der Waals surface area contributed by atoms with Crippen molar-refractivity contribution in [3.8, 4) is 11.8 Å². The number of halogens is 1. The smallest absolute Gasteiger partial charge is 0.329 e. The van der Waals surface area contributed by atoms with Gasteiger partial charge in [0.05, 0.1) is 0 Å². The van der Waals surface area contributed by atoms with Crippen LogP contribution in [-0.4, -0.2) is 11.9 Å². The number of anilines is 1. The molecule has 25 heavy (non-hydrogen) atoms. The van der Waals surface area contributed by atoms with Crippen molar-refractivity contribution in [2.45, 2.75) is 13.5 Å². The number of amides is 3. The van der Waals surface area contributed by atoms with E-state index >= 15 is 0 Å². The molecule has 130 valence electrons. The van der Waals surface area contributed by atoms with Gasteiger partial charge < -0.3 is 10.6 Å². The van der Waals surface area contributed by atoms with Crippen molar-refractivity contribution in [1.29, 1.82) is 0 Å². The molecule has 0 atom stereocenters. The normalized spacial score (nSPS) is 9.04. The molecule has 0 bridgehead atoms. The molecule has 0 aliphatic heterocycles. The Hall–Kier alpha value is -3.01. The Morgan fingerprint density at radius 1 is 0.960 bits per heavy atom. The van der Waals surface area contributed by atoms with Crippen molar-refractivity contribution in [2.75, 3.05) is 5.32 Å². The summed E-state index contributed by atoms with van der Waals surface area (Å²) in [7, 11) is 0. The van der Waals surface area contributed by atoms with Gasteiger partial charge in [-0.25, -0.2) is 10.6 Å². The molecule has 0 aromatic heterocycles. The van der Waals surface area contributed by atoms with Gasteiger partial charge in [0.1, 0.15) is 0 Å². The predicted octanol–water partition coefficient (Wildman–Crippen LogP) is 2.14. The molecule has 2 rings (SSSR count). The molecule has 3 amide bonds. The number of urea groups is 1. The second-order valence-electron chi connectivity index (χ2n) is 5.03. The molecule has 0 aliphatic rings. The lowest BCUT2D eigenvalue weighted by atomic mass is 10.1. The van der Waals surface area contributed by atoms with Gasteiger partial charge in [-0.2, -0.15) is 0 Å². The molecule has 0 saturated carbocycles. The second kappa shape index (κ2) is 9.98. The van der Waals surface area contributed by atoms with Gasteiger partial charge in [-0.3, -0.25) is 10.2 Å². The van der Waals surface area contributed by atoms with E-state index in [1.807, 2.05) is 54.0 Å². The molecule has 0 aliphatic carbocycles. The lowest BCUT2D eigenvalue weighted by molar-refractivity contribution is -0.114. The van der Waals surface area contributed by atoms with Gasteiger partial charge in [0.15, 0.2) is 0 Å². The third-order valence-electron chi connectivity index (χ3n) is 3.09. The van der Waals surface area contributed by atoms with E-state index in [0.717, 1.165) is 22.4 Å². The Bertz CT molecular complexity index is 777. The van der Waals surface area contributed by atoms with Crippen LogP contribution in [0.2, 0.25) is 0 Å². The third kappa shape index (κ3) is 6.96. The van der Waals surface area contributed by atoms with Gasteiger partial charge in [0.2, 0.25) is 5.91 Å². The highest BCUT2D eigenvalue weighted by Crippen LogP contribution is 2.09. The first-order chi connectivity index (χ1) is 11.6. The quantitative estimate of drug-likeness (QED) is 0.293. The topological polar surface area (TPSA) is 96.2 Å². The molecule has 6 nitrogen and oxygen atoms in total. The highest BCUT2D eigenvalue weighted by Gasteiger charge is 1.97. The van der Waals surface area contributed by atoms with Gasteiger partial charge in [-0.15, -0.1) is 12.4 Å². The van der Waals surface area contributed by atoms with Crippen LogP contribution < -0.4 is 21.9 Å². The van der Waals surface area contributed by atoms with Crippen LogP contribution >= 0.6 is 12.4 Å². The van der Waals surface area contributed by atoms with E-state index in [1.165, 1.54) is 6.92 Å². The Balaban J connectivity index is 0.00000312. The van der Waals surface area contributed by atoms with E-state index in [0.29, 0.717) is 6.54 Å². The number of carbonyl (C=O) groups excluding carboxylic acids is 2. The first-order valence-corrected chi connectivity index (χ1v) is 7.30. The first kappa shape index (κ1) is 20.0. The SMILES string of the molecule is CC(=O)Nc1ccc(C#Cc2ccc(CNC(=O)NN)cc2)cc1.Cl. The zero-order valence-corrected chi connectivity index (χ0v) is 14.4. The molecule has 2 aromatic carbocycles. The monoisotopic (exact) mass is 358 g/mol. The molecule has 0 saturated heterocycles. The van der Waals surface area contributed by atoms with E-state index in [-0.39, 0.29) is 18.3 Å². The van der Waals surface area contributed by atoms with Crippen LogP contribution in [0.25, 0.3) is 0 Å². The Morgan fingerprint density at radius 3 is 1.96 bits per heavy atom. The van der Waals surface area contributed by atoms with Gasteiger partial charge in [0, 0.05) is 30.3 Å². The van der Waals surface area contributed by atoms with Crippen LogP contribution in [0.15, 0.2) is 48.5 Å². The Morgan fingerprint density at radius 2 is 1.48 bits per heavy atom. The summed E-state index contributed by atoms with van der Waals surface area (Å²) < 4.78 is 0. The standard InChI is InChI=1S/C18H18N4O2.ClH/c1-13(23)21-17-10-8-15(9-11-17)3-2-14-4-6-16(7-5-14)12-20-18(24)22-19;/h4-11H,12,19H2,1H3,(H,21,23)(H2,20,22,24);1H. The summed E-state index contributed by atoms with van der Waals surface area (Å²) >= 11 is 0. The highest BCUT2D eigenvalue weighted by molar-refractivity contribution is 5.88. The summed E-state index contributed by atoms with van der Waals surface area (Å²) in [6.45, 7) is 1.86. The number of benzene rings is 2. The minimum atomic E-state index is -0.429. The van der Waals surface area contributed by atoms with E-state index in [4.69, 9.17) is 5.84 Å². The maximum atomic E-state index is 11.0. The van der Waals surface area contributed by atoms with Crippen molar-refractivity contribution in [2.24, 2.45) is 5.84 Å². The molecule has 7 heteroatoms. The van der Waals surface area contributed by atoms with Crippen LogP contribution in [0.4, 0.5) is 10.5 Å². The largest absolute Gasteiger partial charge is 0.333 e. The lowest BCUT2D eigenvalue weighted by Crippen LogP contribution is -2.39. The molecular weight excluding hydrogens is 340 g/mol. The summed E-state index contributed by atoms with van der Waals surface area (Å²) in [4.78, 5) is 22.0. The van der Waals surface area contributed by atoms with Crippen molar-refractivity contribution in [1.82, 2.24) is 10.7 Å². The first-order valence-electron chi connectivity index (χ1n) is 7.30. The number of rotatable bonds is 3. The second-order valence-corrected chi connectivity index (χ2v) is 5.03. The fourth-order valence-electron chi connectivity index (χ4n) is 1.92. The minimum Gasteiger partial charge on any atom is -0.333 e. The molecule has 0 radical (unpaired) electrons. The highest BCUT2D eigenvalue weighted by atomic mass is 35.5. The fraction of sp³-hybridized carbons (Fsp3) is 0.111. The van der Waals surface area contributed by atoms with Crippen LogP contribution in [0, 0.1) is 11.8 Å². The number of nitrogens with one attached hydrogen (secondary N) is 3. The average Bonchev–Trinajstić information content (AvgIpc) is 2.59. The summed E-state index contributed by atoms with van der Waals surface area (Å²) in [5, 5.41) is 5.31. The Kier molecular flexibility index (Phi) is 8.00. The molecular formula is C18H19ClN4O2. The van der Waals surface area contributed by atoms with Crippen LogP contribution in [0.1, 0.15) is 23.6 Å². The zero-order valence-electron chi connectivity index (χ0n) is 13.6. The van der Waals surface area contributed by atoms with Crippen molar-refractivity contribution in [3.05, 3.63) is 65.2 Å². The van der Waals surface area contributed by atoms with Gasteiger partial charge in [0.25, 0.3) is 0 Å². The van der Waals surface area contributed by atoms with Gasteiger partial charge in [-0.05, 0) is 42.0 Å². The molecule has 0 spiro atoms. The molecule has 2 aromatic rings.